The molecule has 0 aliphatic carbocycles. The second kappa shape index (κ2) is 8.94. The van der Waals surface area contributed by atoms with Crippen LogP contribution in [0.3, 0.4) is 0 Å². The van der Waals surface area contributed by atoms with Crippen LogP contribution in [0.5, 0.6) is 0 Å². The van der Waals surface area contributed by atoms with E-state index in [1.807, 2.05) is 60.0 Å². The molecular weight excluding hydrogens is 424 g/mol. The van der Waals surface area contributed by atoms with E-state index in [-0.39, 0.29) is 18.0 Å². The number of fused-ring (bicyclic) bond motifs is 1. The molecule has 2 aromatic carbocycles. The third kappa shape index (κ3) is 4.15. The van der Waals surface area contributed by atoms with Gasteiger partial charge in [0.2, 0.25) is 5.91 Å². The lowest BCUT2D eigenvalue weighted by Crippen LogP contribution is -2.36. The van der Waals surface area contributed by atoms with Crippen LogP contribution in [-0.4, -0.2) is 41.8 Å². The molecule has 162 valence electrons. The Kier molecular flexibility index (Phi) is 5.70. The van der Waals surface area contributed by atoms with E-state index in [0.717, 1.165) is 43.1 Å². The molecule has 1 aliphatic rings. The van der Waals surface area contributed by atoms with E-state index in [1.165, 1.54) is 22.2 Å². The van der Waals surface area contributed by atoms with Gasteiger partial charge in [-0.2, -0.15) is 0 Å². The van der Waals surface area contributed by atoms with E-state index in [2.05, 4.69) is 15.2 Å². The van der Waals surface area contributed by atoms with Gasteiger partial charge in [-0.1, -0.05) is 30.3 Å². The minimum atomic E-state index is -0.274. The molecule has 1 N–H and O–H groups in total. The van der Waals surface area contributed by atoms with E-state index < -0.39 is 0 Å². The zero-order valence-electron chi connectivity index (χ0n) is 17.4. The first-order valence-corrected chi connectivity index (χ1v) is 11.3. The van der Waals surface area contributed by atoms with Crippen molar-refractivity contribution in [3.05, 3.63) is 76.7 Å². The maximum Gasteiger partial charge on any atom is 0.263 e. The number of nitrogens with zero attached hydrogens (tertiary/aromatic N) is 3. The molecule has 3 heterocycles. The quantitative estimate of drug-likeness (QED) is 0.507. The minimum absolute atomic E-state index is 0.100. The van der Waals surface area contributed by atoms with Crippen LogP contribution in [0, 0.1) is 0 Å². The monoisotopic (exact) mass is 446 g/mol. The predicted octanol–water partition coefficient (Wildman–Crippen LogP) is 3.60. The minimum Gasteiger partial charge on any atom is -0.378 e. The molecule has 5 rings (SSSR count). The van der Waals surface area contributed by atoms with Gasteiger partial charge in [0.15, 0.2) is 0 Å². The van der Waals surface area contributed by atoms with Gasteiger partial charge in [0.1, 0.15) is 11.4 Å². The molecule has 0 unspecified atom stereocenters. The van der Waals surface area contributed by atoms with Gasteiger partial charge >= 0.3 is 0 Å². The average molecular weight is 447 g/mol. The molecule has 4 aromatic rings. The van der Waals surface area contributed by atoms with Crippen molar-refractivity contribution in [1.82, 2.24) is 9.55 Å². The van der Waals surface area contributed by atoms with Crippen LogP contribution < -0.4 is 15.8 Å². The van der Waals surface area contributed by atoms with Crippen LogP contribution in [-0.2, 0) is 16.1 Å². The molecule has 1 fully saturated rings. The smallest absolute Gasteiger partial charge is 0.263 e. The van der Waals surface area contributed by atoms with Gasteiger partial charge in [-0.25, -0.2) is 4.98 Å². The number of anilines is 2. The number of aromatic nitrogens is 2. The molecular formula is C24H22N4O3S. The highest BCUT2D eigenvalue weighted by atomic mass is 32.1. The number of thiophene rings is 1. The van der Waals surface area contributed by atoms with Crippen LogP contribution in [0.2, 0.25) is 0 Å². The van der Waals surface area contributed by atoms with Crippen molar-refractivity contribution in [2.24, 2.45) is 0 Å². The Bertz CT molecular complexity index is 1290. The largest absolute Gasteiger partial charge is 0.378 e. The van der Waals surface area contributed by atoms with Gasteiger partial charge < -0.3 is 15.0 Å². The van der Waals surface area contributed by atoms with Crippen LogP contribution in [0.25, 0.3) is 21.3 Å². The lowest BCUT2D eigenvalue weighted by atomic mass is 10.1. The fourth-order valence-corrected chi connectivity index (χ4v) is 4.75. The van der Waals surface area contributed by atoms with Gasteiger partial charge in [0.25, 0.3) is 5.56 Å². The zero-order chi connectivity index (χ0) is 21.9. The molecule has 32 heavy (non-hydrogen) atoms. The Balaban J connectivity index is 1.32. The maximum absolute atomic E-state index is 13.1. The summed E-state index contributed by atoms with van der Waals surface area (Å²) in [5, 5.41) is 5.36. The molecule has 0 spiro atoms. The number of ether oxygens (including phenoxy) is 1. The van der Waals surface area contributed by atoms with Crippen LogP contribution >= 0.6 is 11.3 Å². The van der Waals surface area contributed by atoms with Crippen molar-refractivity contribution in [2.45, 2.75) is 6.54 Å². The van der Waals surface area contributed by atoms with E-state index in [9.17, 15) is 9.59 Å². The molecule has 1 amide bonds. The zero-order valence-corrected chi connectivity index (χ0v) is 18.2. The Hall–Kier alpha value is -3.49. The van der Waals surface area contributed by atoms with E-state index in [1.54, 1.807) is 0 Å². The van der Waals surface area contributed by atoms with Crippen molar-refractivity contribution in [3.8, 4) is 11.1 Å². The molecule has 2 aromatic heterocycles. The molecule has 0 atom stereocenters. The van der Waals surface area contributed by atoms with Gasteiger partial charge in [0.05, 0.1) is 24.9 Å². The fraction of sp³-hybridized carbons (Fsp3) is 0.208. The summed E-state index contributed by atoms with van der Waals surface area (Å²) in [6, 6.07) is 17.5. The Labute approximate surface area is 188 Å². The van der Waals surface area contributed by atoms with Gasteiger partial charge in [-0.05, 0) is 29.8 Å². The SMILES string of the molecule is O=C(Cn1cnc2scc(-c3ccccc3)c2c1=O)Nc1ccc(N2CCOCC2)cc1. The average Bonchev–Trinajstić information content (AvgIpc) is 3.27. The standard InChI is InChI=1S/C24H22N4O3S/c29-21(26-18-6-8-19(9-7-18)27-10-12-31-13-11-27)14-28-16-25-23-22(24(28)30)20(15-32-23)17-4-2-1-3-5-17/h1-9,15-16H,10-14H2,(H,26,29). The Morgan fingerprint density at radius 3 is 2.56 bits per heavy atom. The lowest BCUT2D eigenvalue weighted by Gasteiger charge is -2.28. The first kappa shape index (κ1) is 20.4. The summed E-state index contributed by atoms with van der Waals surface area (Å²) in [5.41, 5.74) is 3.38. The number of rotatable bonds is 5. The first-order chi connectivity index (χ1) is 15.7. The predicted molar refractivity (Wildman–Crippen MR) is 127 cm³/mol. The summed E-state index contributed by atoms with van der Waals surface area (Å²) in [7, 11) is 0. The summed E-state index contributed by atoms with van der Waals surface area (Å²) >= 11 is 1.43. The third-order valence-corrected chi connectivity index (χ3v) is 6.37. The summed E-state index contributed by atoms with van der Waals surface area (Å²) in [5.74, 6) is -0.274. The number of morpholine rings is 1. The second-order valence-electron chi connectivity index (χ2n) is 7.57. The van der Waals surface area contributed by atoms with E-state index >= 15 is 0 Å². The van der Waals surface area contributed by atoms with Crippen LogP contribution in [0.1, 0.15) is 0 Å². The highest BCUT2D eigenvalue weighted by molar-refractivity contribution is 7.17. The maximum atomic E-state index is 13.1. The van der Waals surface area contributed by atoms with Gasteiger partial charge in [-0.15, -0.1) is 11.3 Å². The molecule has 1 saturated heterocycles. The lowest BCUT2D eigenvalue weighted by molar-refractivity contribution is -0.116. The normalized spacial score (nSPS) is 13.9. The highest BCUT2D eigenvalue weighted by Crippen LogP contribution is 2.30. The number of benzene rings is 2. The molecule has 8 heteroatoms. The molecule has 0 radical (unpaired) electrons. The third-order valence-electron chi connectivity index (χ3n) is 5.49. The number of carbonyl (C=O) groups is 1. The first-order valence-electron chi connectivity index (χ1n) is 10.4. The van der Waals surface area contributed by atoms with Crippen LogP contribution in [0.4, 0.5) is 11.4 Å². The topological polar surface area (TPSA) is 76.5 Å². The van der Waals surface area contributed by atoms with E-state index in [0.29, 0.717) is 15.9 Å². The van der Waals surface area contributed by atoms with Gasteiger partial charge in [0, 0.05) is 35.4 Å². The molecule has 0 bridgehead atoms. The molecule has 7 nitrogen and oxygen atoms in total. The Morgan fingerprint density at radius 2 is 1.81 bits per heavy atom. The number of amides is 1. The van der Waals surface area contributed by atoms with Gasteiger partial charge in [-0.3, -0.25) is 14.2 Å². The number of nitrogens with one attached hydrogen (secondary N) is 1. The number of carbonyl (C=O) groups excluding carboxylic acids is 1. The van der Waals surface area contributed by atoms with Crippen molar-refractivity contribution in [3.63, 3.8) is 0 Å². The number of hydrogen-bond acceptors (Lipinski definition) is 6. The summed E-state index contributed by atoms with van der Waals surface area (Å²) < 4.78 is 6.75. The summed E-state index contributed by atoms with van der Waals surface area (Å²) in [6.07, 6.45) is 1.44. The molecule has 1 aliphatic heterocycles. The fourth-order valence-electron chi connectivity index (χ4n) is 3.84. The number of hydrogen-bond donors (Lipinski definition) is 1. The molecule has 0 saturated carbocycles. The van der Waals surface area contributed by atoms with Crippen LogP contribution in [0.15, 0.2) is 71.1 Å². The van der Waals surface area contributed by atoms with Crippen molar-refractivity contribution >= 4 is 38.8 Å². The summed E-state index contributed by atoms with van der Waals surface area (Å²) in [6.45, 7) is 3.07. The second-order valence-corrected chi connectivity index (χ2v) is 8.43. The summed E-state index contributed by atoms with van der Waals surface area (Å²) in [4.78, 5) is 33.1. The Morgan fingerprint density at radius 1 is 1.06 bits per heavy atom. The highest BCUT2D eigenvalue weighted by Gasteiger charge is 2.15. The van der Waals surface area contributed by atoms with Crippen molar-refractivity contribution in [2.75, 3.05) is 36.5 Å². The van der Waals surface area contributed by atoms with Crippen molar-refractivity contribution in [1.29, 1.82) is 0 Å². The van der Waals surface area contributed by atoms with E-state index in [4.69, 9.17) is 4.74 Å². The van der Waals surface area contributed by atoms with Crippen molar-refractivity contribution < 1.29 is 9.53 Å².